The molecule has 0 aliphatic heterocycles. The summed E-state index contributed by atoms with van der Waals surface area (Å²) in [6, 6.07) is 14.3. The minimum absolute atomic E-state index is 0.142. The molecule has 0 aromatic heterocycles. The largest absolute Gasteiger partial charge is 0.310 e. The Morgan fingerprint density at radius 3 is 2.38 bits per heavy atom. The van der Waals surface area contributed by atoms with E-state index in [0.717, 1.165) is 24.9 Å². The molecule has 0 aliphatic rings. The number of aryl methyl sites for hydroxylation is 1. The Morgan fingerprint density at radius 2 is 1.67 bits per heavy atom. The molecule has 1 atom stereocenters. The van der Waals surface area contributed by atoms with Crippen LogP contribution in [-0.2, 0) is 6.42 Å². The summed E-state index contributed by atoms with van der Waals surface area (Å²) in [5, 5.41) is 4.92. The summed E-state index contributed by atoms with van der Waals surface area (Å²) in [6.07, 6.45) is 2.14. The second-order valence-corrected chi connectivity index (χ2v) is 6.19. The van der Waals surface area contributed by atoms with Crippen molar-refractivity contribution < 1.29 is 0 Å². The maximum Gasteiger partial charge on any atom is 0.0781 e. The summed E-state index contributed by atoms with van der Waals surface area (Å²) < 4.78 is 0. The molecule has 2 aromatic carbocycles. The molecule has 0 saturated carbocycles. The molecule has 2 aromatic rings. The molecule has 112 valence electrons. The smallest absolute Gasteiger partial charge is 0.0781 e. The van der Waals surface area contributed by atoms with E-state index >= 15 is 0 Å². The Morgan fingerprint density at radius 1 is 0.952 bits per heavy atom. The highest BCUT2D eigenvalue weighted by Crippen LogP contribution is 2.35. The van der Waals surface area contributed by atoms with Gasteiger partial charge in [0.05, 0.1) is 15.1 Å². The zero-order valence-corrected chi connectivity index (χ0v) is 14.1. The highest BCUT2D eigenvalue weighted by atomic mass is 35.5. The van der Waals surface area contributed by atoms with Crippen LogP contribution in [0.5, 0.6) is 0 Å². The van der Waals surface area contributed by atoms with Crippen molar-refractivity contribution in [2.45, 2.75) is 25.8 Å². The second kappa shape index (κ2) is 8.05. The van der Waals surface area contributed by atoms with Crippen molar-refractivity contribution in [1.82, 2.24) is 5.32 Å². The van der Waals surface area contributed by atoms with E-state index in [2.05, 4.69) is 36.5 Å². The van der Waals surface area contributed by atoms with E-state index < -0.39 is 0 Å². The maximum atomic E-state index is 6.25. The van der Waals surface area contributed by atoms with E-state index in [1.807, 2.05) is 12.1 Å². The first kappa shape index (κ1) is 16.6. The predicted molar refractivity (Wildman–Crippen MR) is 92.7 cm³/mol. The van der Waals surface area contributed by atoms with Crippen LogP contribution in [0.4, 0.5) is 0 Å². The fraction of sp³-hybridized carbons (Fsp3) is 0.294. The first-order valence-electron chi connectivity index (χ1n) is 7.00. The quantitative estimate of drug-likeness (QED) is 0.506. The SMILES string of the molecule is CC(NCCCc1ccccc1)c1ccc(Cl)c(Cl)c1Cl. The van der Waals surface area contributed by atoms with Gasteiger partial charge in [0.25, 0.3) is 0 Å². The molecule has 1 unspecified atom stereocenters. The van der Waals surface area contributed by atoms with Gasteiger partial charge in [-0.2, -0.15) is 0 Å². The van der Waals surface area contributed by atoms with Crippen LogP contribution in [0.3, 0.4) is 0 Å². The van der Waals surface area contributed by atoms with Crippen LogP contribution in [0.1, 0.15) is 30.5 Å². The lowest BCUT2D eigenvalue weighted by Gasteiger charge is -2.17. The van der Waals surface area contributed by atoms with Crippen molar-refractivity contribution in [2.24, 2.45) is 0 Å². The minimum atomic E-state index is 0.142. The minimum Gasteiger partial charge on any atom is -0.310 e. The number of rotatable bonds is 6. The van der Waals surface area contributed by atoms with Crippen LogP contribution >= 0.6 is 34.8 Å². The van der Waals surface area contributed by atoms with Crippen LogP contribution in [0.25, 0.3) is 0 Å². The van der Waals surface area contributed by atoms with Crippen molar-refractivity contribution in [3.8, 4) is 0 Å². The molecule has 0 saturated heterocycles. The Labute approximate surface area is 141 Å². The zero-order valence-electron chi connectivity index (χ0n) is 11.9. The fourth-order valence-corrected chi connectivity index (χ4v) is 2.95. The van der Waals surface area contributed by atoms with Gasteiger partial charge in [-0.05, 0) is 43.5 Å². The third-order valence-electron chi connectivity index (χ3n) is 3.47. The molecule has 0 spiro atoms. The van der Waals surface area contributed by atoms with E-state index in [9.17, 15) is 0 Å². The standard InChI is InChI=1S/C17H18Cl3N/c1-12(14-9-10-15(18)17(20)16(14)19)21-11-5-8-13-6-3-2-4-7-13/h2-4,6-7,9-10,12,21H,5,8,11H2,1H3. The summed E-state index contributed by atoms with van der Waals surface area (Å²) >= 11 is 18.3. The molecule has 21 heavy (non-hydrogen) atoms. The Hall–Kier alpha value is -0.730. The van der Waals surface area contributed by atoms with Gasteiger partial charge in [-0.15, -0.1) is 0 Å². The molecule has 4 heteroatoms. The molecule has 0 amide bonds. The van der Waals surface area contributed by atoms with Gasteiger partial charge >= 0.3 is 0 Å². The molecular formula is C17H18Cl3N. The number of nitrogens with one attached hydrogen (secondary N) is 1. The number of halogens is 3. The maximum absolute atomic E-state index is 6.25. The zero-order chi connectivity index (χ0) is 15.2. The Balaban J connectivity index is 1.85. The molecule has 1 N–H and O–H groups in total. The Kier molecular flexibility index (Phi) is 6.38. The van der Waals surface area contributed by atoms with Crippen molar-refractivity contribution in [2.75, 3.05) is 6.54 Å². The van der Waals surface area contributed by atoms with Gasteiger partial charge < -0.3 is 5.32 Å². The van der Waals surface area contributed by atoms with Crippen molar-refractivity contribution in [3.05, 3.63) is 68.7 Å². The normalized spacial score (nSPS) is 12.4. The van der Waals surface area contributed by atoms with E-state index in [4.69, 9.17) is 34.8 Å². The first-order chi connectivity index (χ1) is 10.1. The fourth-order valence-electron chi connectivity index (χ4n) is 2.24. The number of hydrogen-bond donors (Lipinski definition) is 1. The van der Waals surface area contributed by atoms with Gasteiger partial charge in [-0.1, -0.05) is 71.2 Å². The molecule has 2 rings (SSSR count). The molecule has 1 nitrogen and oxygen atoms in total. The highest BCUT2D eigenvalue weighted by Gasteiger charge is 2.13. The van der Waals surface area contributed by atoms with E-state index in [1.165, 1.54) is 5.56 Å². The van der Waals surface area contributed by atoms with Crippen molar-refractivity contribution in [3.63, 3.8) is 0 Å². The monoisotopic (exact) mass is 341 g/mol. The van der Waals surface area contributed by atoms with Crippen LogP contribution in [0.15, 0.2) is 42.5 Å². The van der Waals surface area contributed by atoms with E-state index in [-0.39, 0.29) is 6.04 Å². The number of hydrogen-bond acceptors (Lipinski definition) is 1. The van der Waals surface area contributed by atoms with Gasteiger partial charge in [-0.25, -0.2) is 0 Å². The van der Waals surface area contributed by atoms with E-state index in [0.29, 0.717) is 15.1 Å². The van der Waals surface area contributed by atoms with Crippen molar-refractivity contribution >= 4 is 34.8 Å². The van der Waals surface area contributed by atoms with Crippen LogP contribution in [-0.4, -0.2) is 6.54 Å². The van der Waals surface area contributed by atoms with Gasteiger partial charge in [0.15, 0.2) is 0 Å². The first-order valence-corrected chi connectivity index (χ1v) is 8.13. The third kappa shape index (κ3) is 4.62. The topological polar surface area (TPSA) is 12.0 Å². The average molecular weight is 343 g/mol. The lowest BCUT2D eigenvalue weighted by Crippen LogP contribution is -2.20. The molecule has 0 aliphatic carbocycles. The highest BCUT2D eigenvalue weighted by molar-refractivity contribution is 6.48. The average Bonchev–Trinajstić information content (AvgIpc) is 2.50. The van der Waals surface area contributed by atoms with Gasteiger partial charge in [0.2, 0.25) is 0 Å². The predicted octanol–water partition coefficient (Wildman–Crippen LogP) is 5.93. The third-order valence-corrected chi connectivity index (χ3v) is 4.78. The molecule has 0 radical (unpaired) electrons. The van der Waals surface area contributed by atoms with Gasteiger partial charge in [-0.3, -0.25) is 0 Å². The number of benzene rings is 2. The molecular weight excluding hydrogens is 325 g/mol. The van der Waals surface area contributed by atoms with Crippen LogP contribution in [0.2, 0.25) is 15.1 Å². The Bertz CT molecular complexity index is 584. The molecule has 0 heterocycles. The second-order valence-electron chi connectivity index (χ2n) is 5.03. The summed E-state index contributed by atoms with van der Waals surface area (Å²) in [5.74, 6) is 0. The van der Waals surface area contributed by atoms with E-state index in [1.54, 1.807) is 6.07 Å². The lowest BCUT2D eigenvalue weighted by atomic mass is 10.1. The summed E-state index contributed by atoms with van der Waals surface area (Å²) in [4.78, 5) is 0. The molecule has 0 fully saturated rings. The van der Waals surface area contributed by atoms with Crippen LogP contribution in [0, 0.1) is 0 Å². The van der Waals surface area contributed by atoms with Crippen LogP contribution < -0.4 is 5.32 Å². The van der Waals surface area contributed by atoms with Crippen molar-refractivity contribution in [1.29, 1.82) is 0 Å². The van der Waals surface area contributed by atoms with Gasteiger partial charge in [0, 0.05) is 6.04 Å². The summed E-state index contributed by atoms with van der Waals surface area (Å²) in [5.41, 5.74) is 2.34. The summed E-state index contributed by atoms with van der Waals surface area (Å²) in [6.45, 7) is 3.00. The lowest BCUT2D eigenvalue weighted by molar-refractivity contribution is 0.558. The summed E-state index contributed by atoms with van der Waals surface area (Å²) in [7, 11) is 0. The van der Waals surface area contributed by atoms with Gasteiger partial charge in [0.1, 0.15) is 0 Å². The molecule has 0 bridgehead atoms.